The first-order chi connectivity index (χ1) is 18.3. The van der Waals surface area contributed by atoms with E-state index >= 15 is 0 Å². The Morgan fingerprint density at radius 3 is 2.36 bits per heavy atom. The van der Waals surface area contributed by atoms with Gasteiger partial charge in [0.15, 0.2) is 0 Å². The van der Waals surface area contributed by atoms with Gasteiger partial charge in [-0.05, 0) is 49.6 Å². The van der Waals surface area contributed by atoms with E-state index in [9.17, 15) is 26.4 Å². The number of carboxylic acids is 1. The summed E-state index contributed by atoms with van der Waals surface area (Å²) in [6.07, 6.45) is -2.95. The van der Waals surface area contributed by atoms with Crippen LogP contribution >= 0.6 is 0 Å². The molecule has 39 heavy (non-hydrogen) atoms. The first-order valence-electron chi connectivity index (χ1n) is 11.9. The second-order valence-electron chi connectivity index (χ2n) is 8.59. The molecule has 0 bridgehead atoms. The van der Waals surface area contributed by atoms with Gasteiger partial charge in [-0.2, -0.15) is 13.2 Å². The fourth-order valence-corrected chi connectivity index (χ4v) is 4.54. The first-order valence-corrected chi connectivity index (χ1v) is 13.4. The second kappa shape index (κ2) is 14.1. The number of aryl methyl sites for hydroxylation is 2. The molecule has 0 aliphatic carbocycles. The number of aromatic nitrogens is 1. The molecule has 2 aromatic rings. The molecule has 1 amide bonds. The van der Waals surface area contributed by atoms with Crippen LogP contribution in [0.5, 0.6) is 0 Å². The predicted octanol–water partition coefficient (Wildman–Crippen LogP) is 2.31. The van der Waals surface area contributed by atoms with Crippen LogP contribution in [0.25, 0.3) is 0 Å². The summed E-state index contributed by atoms with van der Waals surface area (Å²) in [4.78, 5) is 28.5. The van der Waals surface area contributed by atoms with E-state index in [0.717, 1.165) is 24.2 Å². The van der Waals surface area contributed by atoms with Gasteiger partial charge in [0, 0.05) is 46.4 Å². The van der Waals surface area contributed by atoms with Crippen LogP contribution in [-0.4, -0.2) is 83.0 Å². The SMILES string of the molecule is COCCCNC(=O)c1cc(NS(=O)(=O)c2ccc(C)c(C)c2)cnc1N1CCNCC1.O=C(O)C(F)(F)F. The Morgan fingerprint density at radius 1 is 1.15 bits per heavy atom. The molecular formula is C24H32F3N5O6S. The van der Waals surface area contributed by atoms with E-state index in [1.807, 2.05) is 18.7 Å². The minimum Gasteiger partial charge on any atom is -0.475 e. The maximum absolute atomic E-state index is 12.9. The fourth-order valence-electron chi connectivity index (χ4n) is 3.42. The van der Waals surface area contributed by atoms with Crippen LogP contribution < -0.4 is 20.3 Å². The van der Waals surface area contributed by atoms with Crippen LogP contribution in [0.2, 0.25) is 0 Å². The number of benzene rings is 1. The lowest BCUT2D eigenvalue weighted by atomic mass is 10.1. The van der Waals surface area contributed by atoms with Crippen molar-refractivity contribution >= 4 is 33.4 Å². The summed E-state index contributed by atoms with van der Waals surface area (Å²) in [7, 11) is -2.21. The third kappa shape index (κ3) is 9.67. The van der Waals surface area contributed by atoms with Crippen LogP contribution in [0.1, 0.15) is 27.9 Å². The summed E-state index contributed by atoms with van der Waals surface area (Å²) in [5.41, 5.74) is 2.48. The van der Waals surface area contributed by atoms with Gasteiger partial charge in [-0.3, -0.25) is 9.52 Å². The summed E-state index contributed by atoms with van der Waals surface area (Å²) in [6.45, 7) is 7.79. The molecule has 1 aliphatic heterocycles. The van der Waals surface area contributed by atoms with Gasteiger partial charge in [0.2, 0.25) is 0 Å². The van der Waals surface area contributed by atoms with Crippen LogP contribution in [-0.2, 0) is 19.6 Å². The van der Waals surface area contributed by atoms with Crippen molar-refractivity contribution in [2.24, 2.45) is 0 Å². The number of pyridine rings is 1. The molecule has 1 fully saturated rings. The lowest BCUT2D eigenvalue weighted by molar-refractivity contribution is -0.192. The number of nitrogens with zero attached hydrogens (tertiary/aromatic N) is 2. The first kappa shape index (κ1) is 31.8. The van der Waals surface area contributed by atoms with Crippen molar-refractivity contribution in [2.75, 3.05) is 56.1 Å². The summed E-state index contributed by atoms with van der Waals surface area (Å²) in [5.74, 6) is -2.51. The molecular weight excluding hydrogens is 543 g/mol. The van der Waals surface area contributed by atoms with E-state index in [1.165, 1.54) is 6.20 Å². The summed E-state index contributed by atoms with van der Waals surface area (Å²) in [5, 5.41) is 13.3. The predicted molar refractivity (Wildman–Crippen MR) is 139 cm³/mol. The highest BCUT2D eigenvalue weighted by Gasteiger charge is 2.38. The Labute approximate surface area is 224 Å². The zero-order valence-corrected chi connectivity index (χ0v) is 22.6. The number of carboxylic acid groups (broad SMARTS) is 1. The van der Waals surface area contributed by atoms with Crippen molar-refractivity contribution in [2.45, 2.75) is 31.3 Å². The normalized spacial score (nSPS) is 13.7. The van der Waals surface area contributed by atoms with Gasteiger partial charge in [-0.15, -0.1) is 0 Å². The number of carbonyl (C=O) groups is 2. The van der Waals surface area contributed by atoms with E-state index in [1.54, 1.807) is 31.4 Å². The number of ether oxygens (including phenoxy) is 1. The zero-order chi connectivity index (χ0) is 29.2. The minimum absolute atomic E-state index is 0.164. The Morgan fingerprint density at radius 2 is 1.79 bits per heavy atom. The van der Waals surface area contributed by atoms with Crippen LogP contribution in [0.3, 0.4) is 0 Å². The molecule has 0 unspecified atom stereocenters. The summed E-state index contributed by atoms with van der Waals surface area (Å²) < 4.78 is 65.1. The van der Waals surface area contributed by atoms with E-state index < -0.39 is 22.2 Å². The molecule has 1 saturated heterocycles. The van der Waals surface area contributed by atoms with Gasteiger partial charge in [0.1, 0.15) is 5.82 Å². The molecule has 216 valence electrons. The Bertz CT molecular complexity index is 1250. The number of halogens is 3. The van der Waals surface area contributed by atoms with Crippen molar-refractivity contribution in [3.05, 3.63) is 47.2 Å². The van der Waals surface area contributed by atoms with Gasteiger partial charge in [-0.1, -0.05) is 6.07 Å². The number of hydrogen-bond acceptors (Lipinski definition) is 8. The van der Waals surface area contributed by atoms with E-state index in [4.69, 9.17) is 14.6 Å². The quantitative estimate of drug-likeness (QED) is 0.330. The number of amides is 1. The number of methoxy groups -OCH3 is 1. The largest absolute Gasteiger partial charge is 0.490 e. The second-order valence-corrected chi connectivity index (χ2v) is 10.3. The minimum atomic E-state index is -5.08. The fraction of sp³-hybridized carbons (Fsp3) is 0.458. The number of hydrogen-bond donors (Lipinski definition) is 4. The van der Waals surface area contributed by atoms with Crippen LogP contribution in [0.4, 0.5) is 24.7 Å². The highest BCUT2D eigenvalue weighted by Crippen LogP contribution is 2.24. The van der Waals surface area contributed by atoms with Crippen molar-refractivity contribution in [3.8, 4) is 0 Å². The van der Waals surface area contributed by atoms with Gasteiger partial charge in [0.05, 0.1) is 22.3 Å². The lowest BCUT2D eigenvalue weighted by Crippen LogP contribution is -2.44. The van der Waals surface area contributed by atoms with Gasteiger partial charge < -0.3 is 25.4 Å². The third-order valence-corrected chi connectivity index (χ3v) is 7.00. The van der Waals surface area contributed by atoms with E-state index in [0.29, 0.717) is 44.0 Å². The molecule has 3 rings (SSSR count). The highest BCUT2D eigenvalue weighted by atomic mass is 32.2. The monoisotopic (exact) mass is 575 g/mol. The number of piperazine rings is 1. The van der Waals surface area contributed by atoms with Gasteiger partial charge in [-0.25, -0.2) is 18.2 Å². The van der Waals surface area contributed by atoms with Gasteiger partial charge in [0.25, 0.3) is 15.9 Å². The standard InChI is InChI=1S/C22H31N5O4S.C2HF3O2/c1-16-5-6-19(13-17(16)2)32(29,30)26-18-14-20(22(28)24-7-4-12-31-3)21(25-15-18)27-10-8-23-9-11-27;3-2(4,5)1(6)7/h5-6,13-15,23,26H,4,7-12H2,1-3H3,(H,24,28);(H,6,7). The number of aliphatic carboxylic acids is 1. The maximum atomic E-state index is 12.9. The van der Waals surface area contributed by atoms with Gasteiger partial charge >= 0.3 is 12.1 Å². The van der Waals surface area contributed by atoms with Crippen LogP contribution in [0, 0.1) is 13.8 Å². The molecule has 4 N–H and O–H groups in total. The molecule has 15 heteroatoms. The van der Waals surface area contributed by atoms with E-state index in [2.05, 4.69) is 20.3 Å². The molecule has 1 aromatic carbocycles. The molecule has 11 nitrogen and oxygen atoms in total. The molecule has 1 aliphatic rings. The Kier molecular flexibility index (Phi) is 11.5. The topological polar surface area (TPSA) is 150 Å². The molecule has 1 aromatic heterocycles. The summed E-state index contributed by atoms with van der Waals surface area (Å²) >= 11 is 0. The number of rotatable bonds is 9. The number of carbonyl (C=O) groups excluding carboxylic acids is 1. The number of nitrogens with one attached hydrogen (secondary N) is 3. The van der Waals surface area contributed by atoms with Crippen molar-refractivity contribution in [1.29, 1.82) is 0 Å². The zero-order valence-electron chi connectivity index (χ0n) is 21.8. The molecule has 0 saturated carbocycles. The van der Waals surface area contributed by atoms with Crippen molar-refractivity contribution in [1.82, 2.24) is 15.6 Å². The van der Waals surface area contributed by atoms with Crippen molar-refractivity contribution in [3.63, 3.8) is 0 Å². The smallest absolute Gasteiger partial charge is 0.475 e. The lowest BCUT2D eigenvalue weighted by Gasteiger charge is -2.30. The molecule has 2 heterocycles. The number of sulfonamides is 1. The summed E-state index contributed by atoms with van der Waals surface area (Å²) in [6, 6.07) is 6.52. The van der Waals surface area contributed by atoms with E-state index in [-0.39, 0.29) is 16.5 Å². The number of anilines is 2. The van der Waals surface area contributed by atoms with Crippen molar-refractivity contribution < 1.29 is 41.0 Å². The Hall–Kier alpha value is -3.43. The molecule has 0 spiro atoms. The highest BCUT2D eigenvalue weighted by molar-refractivity contribution is 7.92. The molecule has 0 radical (unpaired) electrons. The molecule has 0 atom stereocenters. The number of alkyl halides is 3. The average molecular weight is 576 g/mol. The maximum Gasteiger partial charge on any atom is 0.490 e. The Balaban J connectivity index is 0.000000673. The van der Waals surface area contributed by atoms with Crippen LogP contribution in [0.15, 0.2) is 35.4 Å². The third-order valence-electron chi connectivity index (χ3n) is 5.62. The average Bonchev–Trinajstić information content (AvgIpc) is 2.88.